The van der Waals surface area contributed by atoms with Gasteiger partial charge in [-0.05, 0) is 12.8 Å². The molecule has 1 aromatic heterocycles. The third-order valence-corrected chi connectivity index (χ3v) is 4.48. The van der Waals surface area contributed by atoms with Crippen molar-refractivity contribution in [1.82, 2.24) is 9.88 Å². The van der Waals surface area contributed by atoms with E-state index in [9.17, 15) is 22.8 Å². The quantitative estimate of drug-likeness (QED) is 0.920. The van der Waals surface area contributed by atoms with Crippen molar-refractivity contribution in [3.8, 4) is 0 Å². The molecule has 1 atom stereocenters. The maximum Gasteiger partial charge on any atom is 0.406 e. The zero-order valence-corrected chi connectivity index (χ0v) is 12.3. The van der Waals surface area contributed by atoms with Crippen molar-refractivity contribution in [2.75, 3.05) is 18.4 Å². The number of thiazole rings is 1. The molecule has 2 amide bonds. The normalized spacial score (nSPS) is 22.2. The van der Waals surface area contributed by atoms with E-state index in [-0.39, 0.29) is 13.0 Å². The summed E-state index contributed by atoms with van der Waals surface area (Å²) in [4.78, 5) is 28.6. The number of likely N-dealkylation sites (tertiary alicyclic amines) is 1. The highest BCUT2D eigenvalue weighted by Gasteiger charge is 2.40. The molecule has 1 aromatic rings. The number of hydrogen-bond acceptors (Lipinski definition) is 4. The van der Waals surface area contributed by atoms with E-state index in [1.165, 1.54) is 11.3 Å². The lowest BCUT2D eigenvalue weighted by molar-refractivity contribution is -0.157. The van der Waals surface area contributed by atoms with Gasteiger partial charge in [-0.25, -0.2) is 4.98 Å². The van der Waals surface area contributed by atoms with Gasteiger partial charge in [0.05, 0.1) is 11.6 Å². The van der Waals surface area contributed by atoms with E-state index in [0.29, 0.717) is 15.9 Å². The molecule has 22 heavy (non-hydrogen) atoms. The molecule has 1 aliphatic heterocycles. The van der Waals surface area contributed by atoms with Crippen molar-refractivity contribution < 1.29 is 22.8 Å². The summed E-state index contributed by atoms with van der Waals surface area (Å²) in [5, 5.41) is 4.92. The SMILES string of the molecule is O=C(Nc1nc(C2CC2)cs1)[C@@H]1CC(=O)N(CC(F)(F)F)C1. The predicted octanol–water partition coefficient (Wildman–Crippen LogP) is 2.37. The third-order valence-electron chi connectivity index (χ3n) is 3.70. The number of aromatic nitrogens is 1. The van der Waals surface area contributed by atoms with Gasteiger partial charge in [0.2, 0.25) is 11.8 Å². The molecule has 5 nitrogen and oxygen atoms in total. The Balaban J connectivity index is 1.57. The lowest BCUT2D eigenvalue weighted by Crippen LogP contribution is -2.36. The molecule has 0 spiro atoms. The third kappa shape index (κ3) is 3.57. The summed E-state index contributed by atoms with van der Waals surface area (Å²) in [6.45, 7) is -1.51. The van der Waals surface area contributed by atoms with Crippen LogP contribution in [0.5, 0.6) is 0 Å². The van der Waals surface area contributed by atoms with Gasteiger partial charge in [-0.2, -0.15) is 13.2 Å². The highest BCUT2D eigenvalue weighted by molar-refractivity contribution is 7.13. The molecule has 3 rings (SSSR count). The lowest BCUT2D eigenvalue weighted by Gasteiger charge is -2.18. The van der Waals surface area contributed by atoms with E-state index in [2.05, 4.69) is 10.3 Å². The van der Waals surface area contributed by atoms with E-state index < -0.39 is 30.5 Å². The summed E-state index contributed by atoms with van der Waals surface area (Å²) in [5.74, 6) is -1.38. The van der Waals surface area contributed by atoms with Crippen LogP contribution in [0.4, 0.5) is 18.3 Å². The second-order valence-electron chi connectivity index (χ2n) is 5.63. The van der Waals surface area contributed by atoms with Gasteiger partial charge in [0.1, 0.15) is 6.54 Å². The van der Waals surface area contributed by atoms with Crippen molar-refractivity contribution >= 4 is 28.3 Å². The van der Waals surface area contributed by atoms with Crippen LogP contribution in [0, 0.1) is 5.92 Å². The number of carbonyl (C=O) groups excluding carboxylic acids is 2. The first kappa shape index (κ1) is 15.3. The van der Waals surface area contributed by atoms with Crippen LogP contribution in [0.3, 0.4) is 0 Å². The monoisotopic (exact) mass is 333 g/mol. The summed E-state index contributed by atoms with van der Waals surface area (Å²) in [6, 6.07) is 0. The van der Waals surface area contributed by atoms with Crippen LogP contribution in [0.25, 0.3) is 0 Å². The molecule has 1 saturated heterocycles. The Kier molecular flexibility index (Phi) is 3.84. The van der Waals surface area contributed by atoms with Gasteiger partial charge in [-0.1, -0.05) is 0 Å². The van der Waals surface area contributed by atoms with Gasteiger partial charge in [0, 0.05) is 24.3 Å². The van der Waals surface area contributed by atoms with Crippen LogP contribution in [0.1, 0.15) is 30.9 Å². The van der Waals surface area contributed by atoms with E-state index in [1.54, 1.807) is 0 Å². The summed E-state index contributed by atoms with van der Waals surface area (Å²) >= 11 is 1.30. The largest absolute Gasteiger partial charge is 0.406 e. The predicted molar refractivity (Wildman–Crippen MR) is 73.5 cm³/mol. The molecule has 9 heteroatoms. The number of nitrogens with one attached hydrogen (secondary N) is 1. The Morgan fingerprint density at radius 1 is 1.45 bits per heavy atom. The van der Waals surface area contributed by atoms with Crippen molar-refractivity contribution in [3.63, 3.8) is 0 Å². The molecule has 0 radical (unpaired) electrons. The van der Waals surface area contributed by atoms with E-state index in [4.69, 9.17) is 0 Å². The highest BCUT2D eigenvalue weighted by Crippen LogP contribution is 2.41. The Bertz CT molecular complexity index is 598. The summed E-state index contributed by atoms with van der Waals surface area (Å²) in [6.07, 6.45) is -2.44. The lowest BCUT2D eigenvalue weighted by atomic mass is 10.1. The number of hydrogen-bond donors (Lipinski definition) is 1. The highest BCUT2D eigenvalue weighted by atomic mass is 32.1. The van der Waals surface area contributed by atoms with Crippen molar-refractivity contribution in [1.29, 1.82) is 0 Å². The number of alkyl halides is 3. The van der Waals surface area contributed by atoms with Crippen molar-refractivity contribution in [3.05, 3.63) is 11.1 Å². The molecular weight excluding hydrogens is 319 g/mol. The Morgan fingerprint density at radius 2 is 2.18 bits per heavy atom. The first-order valence-corrected chi connectivity index (χ1v) is 7.80. The zero-order chi connectivity index (χ0) is 15.9. The number of anilines is 1. The second kappa shape index (κ2) is 5.53. The van der Waals surface area contributed by atoms with E-state index in [0.717, 1.165) is 18.5 Å². The zero-order valence-electron chi connectivity index (χ0n) is 11.5. The summed E-state index contributed by atoms with van der Waals surface area (Å²) < 4.78 is 37.0. The topological polar surface area (TPSA) is 62.3 Å². The van der Waals surface area contributed by atoms with Gasteiger partial charge in [0.25, 0.3) is 0 Å². The Labute approximate surface area is 128 Å². The maximum atomic E-state index is 12.3. The molecule has 1 aliphatic carbocycles. The van der Waals surface area contributed by atoms with Gasteiger partial charge in [-0.15, -0.1) is 11.3 Å². The molecule has 0 aromatic carbocycles. The van der Waals surface area contributed by atoms with Crippen LogP contribution >= 0.6 is 11.3 Å². The fraction of sp³-hybridized carbons (Fsp3) is 0.615. The number of rotatable bonds is 4. The van der Waals surface area contributed by atoms with Crippen LogP contribution in [0.2, 0.25) is 0 Å². The standard InChI is InChI=1S/C13H14F3N3O2S/c14-13(15,16)6-19-4-8(3-10(19)20)11(21)18-12-17-9(5-22-12)7-1-2-7/h5,7-8H,1-4,6H2,(H,17,18,21)/t8-/m1/s1. The van der Waals surface area contributed by atoms with Crippen molar-refractivity contribution in [2.45, 2.75) is 31.4 Å². The van der Waals surface area contributed by atoms with Gasteiger partial charge in [0.15, 0.2) is 5.13 Å². The summed E-state index contributed by atoms with van der Waals surface area (Å²) in [7, 11) is 0. The number of carbonyl (C=O) groups is 2. The average molecular weight is 333 g/mol. The fourth-order valence-corrected chi connectivity index (χ4v) is 3.23. The second-order valence-corrected chi connectivity index (χ2v) is 6.49. The Hall–Kier alpha value is -1.64. The number of amides is 2. The molecule has 2 aliphatic rings. The first-order valence-electron chi connectivity index (χ1n) is 6.92. The maximum absolute atomic E-state index is 12.3. The first-order chi connectivity index (χ1) is 10.3. The molecule has 0 unspecified atom stereocenters. The van der Waals surface area contributed by atoms with E-state index >= 15 is 0 Å². The fourth-order valence-electron chi connectivity index (χ4n) is 2.43. The van der Waals surface area contributed by atoms with Crippen molar-refractivity contribution in [2.24, 2.45) is 5.92 Å². The minimum Gasteiger partial charge on any atom is -0.333 e. The van der Waals surface area contributed by atoms with Crippen LogP contribution in [-0.4, -0.2) is 41.0 Å². The number of halogens is 3. The minimum atomic E-state index is -4.45. The molecule has 2 fully saturated rings. The molecule has 2 heterocycles. The van der Waals surface area contributed by atoms with Gasteiger partial charge in [-0.3, -0.25) is 9.59 Å². The minimum absolute atomic E-state index is 0.192. The smallest absolute Gasteiger partial charge is 0.333 e. The van der Waals surface area contributed by atoms with E-state index in [1.807, 2.05) is 5.38 Å². The summed E-state index contributed by atoms with van der Waals surface area (Å²) in [5.41, 5.74) is 0.946. The molecule has 0 bridgehead atoms. The van der Waals surface area contributed by atoms with Crippen LogP contribution in [-0.2, 0) is 9.59 Å². The average Bonchev–Trinajstić information content (AvgIpc) is 3.06. The molecular formula is C13H14F3N3O2S. The van der Waals surface area contributed by atoms with Crippen LogP contribution < -0.4 is 5.32 Å². The van der Waals surface area contributed by atoms with Crippen LogP contribution in [0.15, 0.2) is 5.38 Å². The van der Waals surface area contributed by atoms with Gasteiger partial charge < -0.3 is 10.2 Å². The molecule has 1 N–H and O–H groups in total. The molecule has 1 saturated carbocycles. The van der Waals surface area contributed by atoms with Gasteiger partial charge >= 0.3 is 6.18 Å². The molecule has 120 valence electrons. The Morgan fingerprint density at radius 3 is 2.82 bits per heavy atom. The number of nitrogens with zero attached hydrogens (tertiary/aromatic N) is 2.